The van der Waals surface area contributed by atoms with Crippen molar-refractivity contribution in [2.75, 3.05) is 31.3 Å². The Morgan fingerprint density at radius 2 is 1.88 bits per heavy atom. The van der Waals surface area contributed by atoms with Gasteiger partial charge in [-0.05, 0) is 37.1 Å². The zero-order valence-electron chi connectivity index (χ0n) is 13.8. The van der Waals surface area contributed by atoms with Crippen LogP contribution in [0.4, 0.5) is 5.69 Å². The second kappa shape index (κ2) is 8.09. The van der Waals surface area contributed by atoms with Gasteiger partial charge in [0.1, 0.15) is 0 Å². The summed E-state index contributed by atoms with van der Waals surface area (Å²) in [6.07, 6.45) is 1.89. The van der Waals surface area contributed by atoms with Gasteiger partial charge in [-0.3, -0.25) is 9.59 Å². The van der Waals surface area contributed by atoms with E-state index in [-0.39, 0.29) is 13.1 Å². The van der Waals surface area contributed by atoms with Crippen LogP contribution in [0.2, 0.25) is 0 Å². The molecule has 1 aromatic rings. The normalized spacial score (nSPS) is 16.0. The highest BCUT2D eigenvalue weighted by Gasteiger charge is 2.30. The highest BCUT2D eigenvalue weighted by Crippen LogP contribution is 2.20. The van der Waals surface area contributed by atoms with Crippen molar-refractivity contribution < 1.29 is 22.7 Å². The third kappa shape index (κ3) is 5.55. The number of piperidine rings is 1. The summed E-state index contributed by atoms with van der Waals surface area (Å²) < 4.78 is 29.2. The molecule has 0 spiro atoms. The lowest BCUT2D eigenvalue weighted by atomic mass is 9.98. The Kier molecular flexibility index (Phi) is 6.12. The van der Waals surface area contributed by atoms with Gasteiger partial charge in [0, 0.05) is 18.8 Å². The summed E-state index contributed by atoms with van der Waals surface area (Å²) in [5.74, 6) is -1.38. The quantitative estimate of drug-likeness (QED) is 0.768. The van der Waals surface area contributed by atoms with Gasteiger partial charge in [-0.1, -0.05) is 0 Å². The molecular weight excluding hydrogens is 346 g/mol. The van der Waals surface area contributed by atoms with Gasteiger partial charge >= 0.3 is 5.97 Å². The lowest BCUT2D eigenvalue weighted by Gasteiger charge is -2.28. The van der Waals surface area contributed by atoms with Gasteiger partial charge in [0.05, 0.1) is 23.8 Å². The van der Waals surface area contributed by atoms with Crippen LogP contribution < -0.4 is 5.32 Å². The minimum atomic E-state index is -3.24. The number of carbonyl (C=O) groups is 2. The number of ether oxygens (including phenoxy) is 1. The Labute approximate surface area is 146 Å². The lowest BCUT2D eigenvalue weighted by molar-refractivity contribution is -0.152. The van der Waals surface area contributed by atoms with E-state index in [2.05, 4.69) is 5.32 Å². The van der Waals surface area contributed by atoms with E-state index in [1.54, 1.807) is 24.3 Å². The van der Waals surface area contributed by atoms with Crippen molar-refractivity contribution in [3.8, 4) is 6.07 Å². The fourth-order valence-corrected chi connectivity index (χ4v) is 3.38. The average molecular weight is 365 g/mol. The predicted octanol–water partition coefficient (Wildman–Crippen LogP) is 0.712. The fourth-order valence-electron chi connectivity index (χ4n) is 2.50. The van der Waals surface area contributed by atoms with Gasteiger partial charge in [-0.15, -0.1) is 0 Å². The number of nitrogens with zero attached hydrogens (tertiary/aromatic N) is 2. The number of esters is 1. The molecule has 0 bridgehead atoms. The number of amides is 1. The first-order chi connectivity index (χ1) is 11.8. The molecule has 0 radical (unpaired) electrons. The molecule has 8 nitrogen and oxygen atoms in total. The van der Waals surface area contributed by atoms with Crippen LogP contribution in [0, 0.1) is 17.2 Å². The number of benzene rings is 1. The Morgan fingerprint density at radius 3 is 2.40 bits per heavy atom. The zero-order valence-corrected chi connectivity index (χ0v) is 14.6. The Hall–Kier alpha value is -2.44. The Balaban J connectivity index is 1.76. The van der Waals surface area contributed by atoms with Gasteiger partial charge in [0.15, 0.2) is 6.61 Å². The molecule has 1 fully saturated rings. The Bertz CT molecular complexity index is 775. The van der Waals surface area contributed by atoms with Crippen LogP contribution in [0.15, 0.2) is 24.3 Å². The third-order valence-electron chi connectivity index (χ3n) is 3.90. The molecule has 1 N–H and O–H groups in total. The van der Waals surface area contributed by atoms with Crippen LogP contribution in [0.3, 0.4) is 0 Å². The van der Waals surface area contributed by atoms with Crippen LogP contribution in [-0.4, -0.2) is 50.6 Å². The van der Waals surface area contributed by atoms with Gasteiger partial charge in [0.25, 0.3) is 5.91 Å². The van der Waals surface area contributed by atoms with E-state index < -0.39 is 34.4 Å². The van der Waals surface area contributed by atoms with Crippen LogP contribution >= 0.6 is 0 Å². The standard InChI is InChI=1S/C16H19N3O5S/c1-25(22,23)19-8-6-13(7-9-19)16(21)24-11-15(20)18-14-4-2-12(10-17)3-5-14/h2-5,13H,6-9,11H2,1H3,(H,18,20). The molecule has 1 amide bonds. The SMILES string of the molecule is CS(=O)(=O)N1CCC(C(=O)OCC(=O)Nc2ccc(C#N)cc2)CC1. The summed E-state index contributed by atoms with van der Waals surface area (Å²) in [6, 6.07) is 8.27. The first-order valence-corrected chi connectivity index (χ1v) is 9.56. The molecule has 134 valence electrons. The average Bonchev–Trinajstić information content (AvgIpc) is 2.59. The molecule has 0 aromatic heterocycles. The number of nitrogens with one attached hydrogen (secondary N) is 1. The minimum Gasteiger partial charge on any atom is -0.455 e. The number of sulfonamides is 1. The molecule has 0 saturated carbocycles. The number of hydrogen-bond donors (Lipinski definition) is 1. The van der Waals surface area contributed by atoms with E-state index in [4.69, 9.17) is 10.00 Å². The van der Waals surface area contributed by atoms with Crippen LogP contribution in [0.1, 0.15) is 18.4 Å². The summed E-state index contributed by atoms with van der Waals surface area (Å²) >= 11 is 0. The monoisotopic (exact) mass is 365 g/mol. The van der Waals surface area contributed by atoms with Crippen molar-refractivity contribution >= 4 is 27.6 Å². The van der Waals surface area contributed by atoms with Crippen molar-refractivity contribution in [3.63, 3.8) is 0 Å². The van der Waals surface area contributed by atoms with Crippen molar-refractivity contribution in [1.29, 1.82) is 5.26 Å². The largest absolute Gasteiger partial charge is 0.455 e. The van der Waals surface area contributed by atoms with Crippen LogP contribution in [-0.2, 0) is 24.3 Å². The van der Waals surface area contributed by atoms with E-state index in [0.29, 0.717) is 24.1 Å². The summed E-state index contributed by atoms with van der Waals surface area (Å²) in [7, 11) is -3.24. The van der Waals surface area contributed by atoms with Crippen molar-refractivity contribution in [1.82, 2.24) is 4.31 Å². The summed E-state index contributed by atoms with van der Waals surface area (Å²) in [5.41, 5.74) is 0.978. The fraction of sp³-hybridized carbons (Fsp3) is 0.438. The maximum Gasteiger partial charge on any atom is 0.309 e. The number of anilines is 1. The van der Waals surface area contributed by atoms with E-state index in [1.807, 2.05) is 6.07 Å². The number of nitriles is 1. The minimum absolute atomic E-state index is 0.274. The molecule has 1 saturated heterocycles. The van der Waals surface area contributed by atoms with Crippen molar-refractivity contribution in [3.05, 3.63) is 29.8 Å². The first-order valence-electron chi connectivity index (χ1n) is 7.71. The van der Waals surface area contributed by atoms with Crippen molar-refractivity contribution in [2.45, 2.75) is 12.8 Å². The molecule has 1 aliphatic heterocycles. The molecule has 0 aliphatic carbocycles. The second-order valence-electron chi connectivity index (χ2n) is 5.78. The maximum atomic E-state index is 12.0. The maximum absolute atomic E-state index is 12.0. The van der Waals surface area contributed by atoms with Crippen LogP contribution in [0.25, 0.3) is 0 Å². The molecule has 25 heavy (non-hydrogen) atoms. The van der Waals surface area contributed by atoms with E-state index in [9.17, 15) is 18.0 Å². The third-order valence-corrected chi connectivity index (χ3v) is 5.20. The predicted molar refractivity (Wildman–Crippen MR) is 89.9 cm³/mol. The van der Waals surface area contributed by atoms with E-state index in [0.717, 1.165) is 6.26 Å². The molecular formula is C16H19N3O5S. The summed E-state index contributed by atoms with van der Waals surface area (Å²) in [6.45, 7) is 0.136. The van der Waals surface area contributed by atoms with Crippen molar-refractivity contribution in [2.24, 2.45) is 5.92 Å². The molecule has 1 heterocycles. The first kappa shape index (κ1) is 18.9. The van der Waals surface area contributed by atoms with Gasteiger partial charge in [-0.2, -0.15) is 5.26 Å². The van der Waals surface area contributed by atoms with Gasteiger partial charge in [0.2, 0.25) is 10.0 Å². The molecule has 2 rings (SSSR count). The number of rotatable bonds is 5. The molecule has 0 atom stereocenters. The molecule has 1 aliphatic rings. The Morgan fingerprint density at radius 1 is 1.28 bits per heavy atom. The zero-order chi connectivity index (χ0) is 18.4. The smallest absolute Gasteiger partial charge is 0.309 e. The molecule has 1 aromatic carbocycles. The second-order valence-corrected chi connectivity index (χ2v) is 7.76. The van der Waals surface area contributed by atoms with Gasteiger partial charge < -0.3 is 10.1 Å². The highest BCUT2D eigenvalue weighted by atomic mass is 32.2. The molecule has 0 unspecified atom stereocenters. The summed E-state index contributed by atoms with van der Waals surface area (Å²) in [4.78, 5) is 23.8. The van der Waals surface area contributed by atoms with E-state index >= 15 is 0 Å². The highest BCUT2D eigenvalue weighted by molar-refractivity contribution is 7.88. The van der Waals surface area contributed by atoms with Crippen LogP contribution in [0.5, 0.6) is 0 Å². The van der Waals surface area contributed by atoms with Gasteiger partial charge in [-0.25, -0.2) is 12.7 Å². The van der Waals surface area contributed by atoms with E-state index in [1.165, 1.54) is 4.31 Å². The lowest BCUT2D eigenvalue weighted by Crippen LogP contribution is -2.40. The summed E-state index contributed by atoms with van der Waals surface area (Å²) in [5, 5.41) is 11.3. The number of hydrogen-bond acceptors (Lipinski definition) is 6. The topological polar surface area (TPSA) is 117 Å². The number of carbonyl (C=O) groups excluding carboxylic acids is 2. The molecule has 9 heteroatoms.